The van der Waals surface area contributed by atoms with Crippen molar-refractivity contribution in [3.63, 3.8) is 0 Å². The number of carbonyl (C=O) groups excluding carboxylic acids is 1. The van der Waals surface area contributed by atoms with E-state index in [-0.39, 0.29) is 5.91 Å². The first-order valence-corrected chi connectivity index (χ1v) is 10.6. The molecule has 0 radical (unpaired) electrons. The fraction of sp³-hybridized carbons (Fsp3) is 0.318. The van der Waals surface area contributed by atoms with E-state index in [1.807, 2.05) is 17.0 Å². The SMILES string of the molecule is O=C(c1cccnc1)N1CCC(NCc2csc(Cc3ccccc3)n2)CC1. The highest BCUT2D eigenvalue weighted by Gasteiger charge is 2.23. The molecule has 3 aromatic rings. The molecular formula is C22H24N4OS. The summed E-state index contributed by atoms with van der Waals surface area (Å²) in [6, 6.07) is 14.5. The summed E-state index contributed by atoms with van der Waals surface area (Å²) in [6.07, 6.45) is 6.15. The van der Waals surface area contributed by atoms with E-state index in [1.165, 1.54) is 5.56 Å². The zero-order valence-corrected chi connectivity index (χ0v) is 16.6. The van der Waals surface area contributed by atoms with E-state index in [1.54, 1.807) is 29.8 Å². The van der Waals surface area contributed by atoms with Crippen LogP contribution in [0.4, 0.5) is 0 Å². The second kappa shape index (κ2) is 9.08. The van der Waals surface area contributed by atoms with Gasteiger partial charge in [-0.1, -0.05) is 30.3 Å². The molecular weight excluding hydrogens is 368 g/mol. The van der Waals surface area contributed by atoms with Gasteiger partial charge in [0.05, 0.1) is 16.3 Å². The first kappa shape index (κ1) is 18.8. The quantitative estimate of drug-likeness (QED) is 0.697. The molecule has 1 N–H and O–H groups in total. The maximum absolute atomic E-state index is 12.5. The summed E-state index contributed by atoms with van der Waals surface area (Å²) in [4.78, 5) is 23.2. The van der Waals surface area contributed by atoms with Crippen LogP contribution in [0.25, 0.3) is 0 Å². The van der Waals surface area contributed by atoms with E-state index in [9.17, 15) is 4.79 Å². The number of nitrogens with one attached hydrogen (secondary N) is 1. The van der Waals surface area contributed by atoms with E-state index in [4.69, 9.17) is 4.98 Å². The number of aromatic nitrogens is 2. The molecule has 3 heterocycles. The molecule has 0 spiro atoms. The lowest BCUT2D eigenvalue weighted by Crippen LogP contribution is -2.44. The minimum atomic E-state index is 0.0802. The van der Waals surface area contributed by atoms with Gasteiger partial charge >= 0.3 is 0 Å². The zero-order chi connectivity index (χ0) is 19.2. The van der Waals surface area contributed by atoms with Gasteiger partial charge in [0.25, 0.3) is 5.91 Å². The number of amides is 1. The normalized spacial score (nSPS) is 14.9. The van der Waals surface area contributed by atoms with Crippen LogP contribution in [0.1, 0.15) is 39.5 Å². The molecule has 0 unspecified atom stereocenters. The highest BCUT2D eigenvalue weighted by Crippen LogP contribution is 2.17. The smallest absolute Gasteiger partial charge is 0.255 e. The molecule has 28 heavy (non-hydrogen) atoms. The van der Waals surface area contributed by atoms with Crippen LogP contribution in [-0.2, 0) is 13.0 Å². The van der Waals surface area contributed by atoms with Gasteiger partial charge in [-0.15, -0.1) is 11.3 Å². The van der Waals surface area contributed by atoms with Gasteiger partial charge in [-0.3, -0.25) is 9.78 Å². The maximum atomic E-state index is 12.5. The predicted molar refractivity (Wildman–Crippen MR) is 111 cm³/mol. The number of pyridine rings is 1. The van der Waals surface area contributed by atoms with Crippen molar-refractivity contribution in [2.24, 2.45) is 0 Å². The lowest BCUT2D eigenvalue weighted by Gasteiger charge is -2.32. The summed E-state index contributed by atoms with van der Waals surface area (Å²) in [6.45, 7) is 2.34. The summed E-state index contributed by atoms with van der Waals surface area (Å²) in [5.41, 5.74) is 3.06. The number of piperidine rings is 1. The minimum Gasteiger partial charge on any atom is -0.338 e. The average Bonchev–Trinajstić information content (AvgIpc) is 3.21. The Morgan fingerprint density at radius 1 is 1.14 bits per heavy atom. The van der Waals surface area contributed by atoms with Gasteiger partial charge in [0.1, 0.15) is 0 Å². The van der Waals surface area contributed by atoms with Crippen LogP contribution in [0.5, 0.6) is 0 Å². The highest BCUT2D eigenvalue weighted by molar-refractivity contribution is 7.09. The van der Waals surface area contributed by atoms with Crippen molar-refractivity contribution in [3.05, 3.63) is 82.1 Å². The number of thiazole rings is 1. The molecule has 1 saturated heterocycles. The topological polar surface area (TPSA) is 58.1 Å². The largest absolute Gasteiger partial charge is 0.338 e. The van der Waals surface area contributed by atoms with Crippen LogP contribution < -0.4 is 5.32 Å². The number of nitrogens with zero attached hydrogens (tertiary/aromatic N) is 3. The molecule has 4 rings (SSSR count). The third kappa shape index (κ3) is 4.82. The fourth-order valence-corrected chi connectivity index (χ4v) is 4.32. The van der Waals surface area contributed by atoms with Gasteiger partial charge < -0.3 is 10.2 Å². The lowest BCUT2D eigenvalue weighted by molar-refractivity contribution is 0.0704. The Kier molecular flexibility index (Phi) is 6.09. The van der Waals surface area contributed by atoms with Crippen LogP contribution in [0.2, 0.25) is 0 Å². The van der Waals surface area contributed by atoms with Crippen molar-refractivity contribution in [2.45, 2.75) is 31.8 Å². The molecule has 1 aromatic carbocycles. The highest BCUT2D eigenvalue weighted by atomic mass is 32.1. The van der Waals surface area contributed by atoms with Crippen LogP contribution in [0, 0.1) is 0 Å². The number of hydrogen-bond donors (Lipinski definition) is 1. The monoisotopic (exact) mass is 392 g/mol. The second-order valence-corrected chi connectivity index (χ2v) is 8.03. The lowest BCUT2D eigenvalue weighted by atomic mass is 10.0. The van der Waals surface area contributed by atoms with Crippen LogP contribution in [0.15, 0.2) is 60.2 Å². The predicted octanol–water partition coefficient (Wildman–Crippen LogP) is 3.52. The molecule has 0 bridgehead atoms. The molecule has 6 heteroatoms. The molecule has 0 saturated carbocycles. The van der Waals surface area contributed by atoms with Crippen molar-refractivity contribution in [1.29, 1.82) is 0 Å². The van der Waals surface area contributed by atoms with Gasteiger partial charge in [-0.2, -0.15) is 0 Å². The molecule has 5 nitrogen and oxygen atoms in total. The number of rotatable bonds is 6. The number of benzene rings is 1. The molecule has 1 fully saturated rings. The molecule has 1 aliphatic rings. The Labute approximate surface area is 169 Å². The molecule has 1 amide bonds. The van der Waals surface area contributed by atoms with Crippen molar-refractivity contribution in [1.82, 2.24) is 20.2 Å². The van der Waals surface area contributed by atoms with Crippen molar-refractivity contribution in [2.75, 3.05) is 13.1 Å². The molecule has 2 aromatic heterocycles. The fourth-order valence-electron chi connectivity index (χ4n) is 3.49. The number of hydrogen-bond acceptors (Lipinski definition) is 5. The Bertz CT molecular complexity index is 889. The van der Waals surface area contributed by atoms with Crippen LogP contribution in [-0.4, -0.2) is 39.9 Å². The molecule has 144 valence electrons. The Balaban J connectivity index is 1.23. The van der Waals surface area contributed by atoms with Gasteiger partial charge in [-0.25, -0.2) is 4.98 Å². The maximum Gasteiger partial charge on any atom is 0.255 e. The van der Waals surface area contributed by atoms with Gasteiger partial charge in [0.2, 0.25) is 0 Å². The molecule has 0 aliphatic carbocycles. The zero-order valence-electron chi connectivity index (χ0n) is 15.8. The Hall–Kier alpha value is -2.57. The van der Waals surface area contributed by atoms with E-state index in [2.05, 4.69) is 39.9 Å². The number of carbonyl (C=O) groups is 1. The average molecular weight is 393 g/mol. The van der Waals surface area contributed by atoms with Crippen molar-refractivity contribution >= 4 is 17.2 Å². The van der Waals surface area contributed by atoms with Crippen LogP contribution in [0.3, 0.4) is 0 Å². The Morgan fingerprint density at radius 2 is 1.96 bits per heavy atom. The van der Waals surface area contributed by atoms with Gasteiger partial charge in [-0.05, 0) is 30.5 Å². The summed E-state index contributed by atoms with van der Waals surface area (Å²) in [5.74, 6) is 0.0802. The Morgan fingerprint density at radius 3 is 2.71 bits per heavy atom. The third-order valence-electron chi connectivity index (χ3n) is 5.06. The van der Waals surface area contributed by atoms with Gasteiger partial charge in [0, 0.05) is 49.9 Å². The van der Waals surface area contributed by atoms with Crippen molar-refractivity contribution in [3.8, 4) is 0 Å². The minimum absolute atomic E-state index is 0.0802. The van der Waals surface area contributed by atoms with Gasteiger partial charge in [0.15, 0.2) is 0 Å². The first-order chi connectivity index (χ1) is 13.8. The summed E-state index contributed by atoms with van der Waals surface area (Å²) in [5, 5.41) is 6.91. The van der Waals surface area contributed by atoms with E-state index < -0.39 is 0 Å². The third-order valence-corrected chi connectivity index (χ3v) is 5.96. The van der Waals surface area contributed by atoms with Crippen LogP contribution >= 0.6 is 11.3 Å². The molecule has 1 aliphatic heterocycles. The summed E-state index contributed by atoms with van der Waals surface area (Å²) < 4.78 is 0. The standard InChI is InChI=1S/C22H24N4OS/c27-22(18-7-4-10-23-14-18)26-11-8-19(9-12-26)24-15-20-16-28-21(25-20)13-17-5-2-1-3-6-17/h1-7,10,14,16,19,24H,8-9,11-13,15H2. The summed E-state index contributed by atoms with van der Waals surface area (Å²) in [7, 11) is 0. The van der Waals surface area contributed by atoms with Crippen molar-refractivity contribution < 1.29 is 4.79 Å². The number of likely N-dealkylation sites (tertiary alicyclic amines) is 1. The van der Waals surface area contributed by atoms with E-state index in [0.717, 1.165) is 49.6 Å². The molecule has 0 atom stereocenters. The van der Waals surface area contributed by atoms with E-state index in [0.29, 0.717) is 11.6 Å². The second-order valence-electron chi connectivity index (χ2n) is 7.08. The first-order valence-electron chi connectivity index (χ1n) is 9.68. The van der Waals surface area contributed by atoms with E-state index >= 15 is 0 Å². The summed E-state index contributed by atoms with van der Waals surface area (Å²) >= 11 is 1.72.